The molecule has 0 saturated carbocycles. The highest BCUT2D eigenvalue weighted by Crippen LogP contribution is 2.29. The topological polar surface area (TPSA) is 69.0 Å². The first-order valence-corrected chi connectivity index (χ1v) is 13.1. The van der Waals surface area contributed by atoms with E-state index in [1.807, 2.05) is 25.3 Å². The maximum Gasteiger partial charge on any atom is 0.234 e. The number of hydrogen-bond donors (Lipinski definition) is 1. The fraction of sp³-hybridized carbons (Fsp3) is 0.400. The molecule has 1 heterocycles. The van der Waals surface area contributed by atoms with Crippen molar-refractivity contribution < 1.29 is 9.53 Å². The summed E-state index contributed by atoms with van der Waals surface area (Å²) >= 11 is 3.67. The Balaban J connectivity index is 1.65. The Morgan fingerprint density at radius 2 is 1.85 bits per heavy atom. The molecule has 176 valence electrons. The molecule has 3 rings (SSSR count). The van der Waals surface area contributed by atoms with E-state index in [1.54, 1.807) is 0 Å². The van der Waals surface area contributed by atoms with Gasteiger partial charge < -0.3 is 14.6 Å². The van der Waals surface area contributed by atoms with E-state index in [-0.39, 0.29) is 11.7 Å². The van der Waals surface area contributed by atoms with Crippen LogP contribution in [0.15, 0.2) is 35.5 Å². The maximum absolute atomic E-state index is 12.6. The number of aryl methyl sites for hydroxylation is 3. The first-order valence-electron chi connectivity index (χ1n) is 11.0. The molecular weight excluding hydrogens is 547 g/mol. The fourth-order valence-electron chi connectivity index (χ4n) is 3.65. The summed E-state index contributed by atoms with van der Waals surface area (Å²) in [4.78, 5) is 12.6. The molecule has 33 heavy (non-hydrogen) atoms. The van der Waals surface area contributed by atoms with E-state index in [4.69, 9.17) is 4.74 Å². The van der Waals surface area contributed by atoms with Gasteiger partial charge in [-0.15, -0.1) is 10.2 Å². The van der Waals surface area contributed by atoms with E-state index in [0.717, 1.165) is 42.7 Å². The lowest BCUT2D eigenvalue weighted by molar-refractivity contribution is -0.113. The summed E-state index contributed by atoms with van der Waals surface area (Å²) in [6.07, 6.45) is 0. The maximum atomic E-state index is 12.6. The number of anilines is 1. The average molecular weight is 579 g/mol. The summed E-state index contributed by atoms with van der Waals surface area (Å²) in [5, 5.41) is 12.4. The van der Waals surface area contributed by atoms with Gasteiger partial charge in [-0.2, -0.15) is 0 Å². The zero-order chi connectivity index (χ0) is 24.1. The molecule has 1 N–H and O–H groups in total. The Morgan fingerprint density at radius 1 is 1.15 bits per heavy atom. The molecule has 1 amide bonds. The number of nitrogens with one attached hydrogen (secondary N) is 1. The number of aromatic nitrogens is 3. The molecule has 0 radical (unpaired) electrons. The Kier molecular flexibility index (Phi) is 8.81. The summed E-state index contributed by atoms with van der Waals surface area (Å²) < 4.78 is 9.31. The number of rotatable bonds is 9. The van der Waals surface area contributed by atoms with E-state index in [1.165, 1.54) is 17.3 Å². The number of nitrogens with zero attached hydrogens (tertiary/aromatic N) is 3. The highest BCUT2D eigenvalue weighted by atomic mass is 127. The van der Waals surface area contributed by atoms with Gasteiger partial charge in [-0.25, -0.2) is 0 Å². The highest BCUT2D eigenvalue weighted by molar-refractivity contribution is 14.1. The monoisotopic (exact) mass is 578 g/mol. The molecule has 0 spiro atoms. The second kappa shape index (κ2) is 11.4. The number of halogens is 1. The number of carbonyl (C=O) groups excluding carboxylic acids is 1. The minimum absolute atomic E-state index is 0.0582. The Labute approximate surface area is 214 Å². The first kappa shape index (κ1) is 25.6. The smallest absolute Gasteiger partial charge is 0.234 e. The van der Waals surface area contributed by atoms with Crippen LogP contribution in [0.3, 0.4) is 0 Å². The summed E-state index contributed by atoms with van der Waals surface area (Å²) in [6.45, 7) is 13.5. The number of hydrogen-bond acceptors (Lipinski definition) is 5. The summed E-state index contributed by atoms with van der Waals surface area (Å²) in [6, 6.07) is 10.4. The molecule has 6 nitrogen and oxygen atoms in total. The van der Waals surface area contributed by atoms with Crippen molar-refractivity contribution >= 4 is 45.9 Å². The van der Waals surface area contributed by atoms with Crippen LogP contribution >= 0.6 is 34.4 Å². The van der Waals surface area contributed by atoms with Gasteiger partial charge in [0.15, 0.2) is 11.0 Å². The number of ether oxygens (including phenoxy) is 1. The van der Waals surface area contributed by atoms with Gasteiger partial charge in [-0.1, -0.05) is 37.7 Å². The molecule has 0 fully saturated rings. The third-order valence-corrected chi connectivity index (χ3v) is 6.94. The molecule has 0 aliphatic carbocycles. The third kappa shape index (κ3) is 6.50. The van der Waals surface area contributed by atoms with Crippen LogP contribution in [0.1, 0.15) is 54.8 Å². The van der Waals surface area contributed by atoms with E-state index in [0.29, 0.717) is 19.1 Å². The molecule has 2 aromatic carbocycles. The first-order chi connectivity index (χ1) is 15.7. The number of thioether (sulfide) groups is 1. The van der Waals surface area contributed by atoms with Crippen molar-refractivity contribution in [3.63, 3.8) is 0 Å². The van der Waals surface area contributed by atoms with Gasteiger partial charge >= 0.3 is 0 Å². The van der Waals surface area contributed by atoms with Crippen LogP contribution in [0, 0.1) is 24.3 Å². The number of benzene rings is 2. The van der Waals surface area contributed by atoms with Crippen LogP contribution in [0.25, 0.3) is 0 Å². The standard InChI is InChI=1S/C25H31IN4O2S/c1-7-30-22(13-32-21-10-16(4)8-9-20(21)15(2)3)28-29-25(30)33-14-23(31)27-24-17(5)11-19(26)12-18(24)6/h8-12,15H,7,13-14H2,1-6H3,(H,27,31). The Bertz CT molecular complexity index is 1120. The Morgan fingerprint density at radius 3 is 2.48 bits per heavy atom. The van der Waals surface area contributed by atoms with Gasteiger partial charge in [0.25, 0.3) is 0 Å². The van der Waals surface area contributed by atoms with E-state index in [9.17, 15) is 4.79 Å². The van der Waals surface area contributed by atoms with Crippen LogP contribution in [-0.2, 0) is 17.9 Å². The fourth-order valence-corrected chi connectivity index (χ4v) is 5.40. The highest BCUT2D eigenvalue weighted by Gasteiger charge is 2.16. The molecule has 0 aliphatic rings. The quantitative estimate of drug-likeness (QED) is 0.240. The zero-order valence-electron chi connectivity index (χ0n) is 20.0. The van der Waals surface area contributed by atoms with E-state index in [2.05, 4.69) is 89.2 Å². The van der Waals surface area contributed by atoms with Crippen LogP contribution < -0.4 is 10.1 Å². The van der Waals surface area contributed by atoms with Gasteiger partial charge in [0.2, 0.25) is 5.91 Å². The lowest BCUT2D eigenvalue weighted by Gasteiger charge is -2.15. The third-order valence-electron chi connectivity index (χ3n) is 5.35. The van der Waals surface area contributed by atoms with E-state index >= 15 is 0 Å². The molecule has 0 unspecified atom stereocenters. The Hall–Kier alpha value is -2.07. The van der Waals surface area contributed by atoms with Gasteiger partial charge in [0, 0.05) is 15.8 Å². The number of carbonyl (C=O) groups is 1. The van der Waals surface area contributed by atoms with Crippen molar-refractivity contribution in [1.29, 1.82) is 0 Å². The van der Waals surface area contributed by atoms with Gasteiger partial charge in [0.05, 0.1) is 5.75 Å². The molecule has 3 aromatic rings. The second-order valence-corrected chi connectivity index (χ2v) is 10.6. The average Bonchev–Trinajstić information content (AvgIpc) is 3.14. The molecule has 1 aromatic heterocycles. The lowest BCUT2D eigenvalue weighted by atomic mass is 10.0. The van der Waals surface area contributed by atoms with Crippen molar-refractivity contribution in [2.24, 2.45) is 0 Å². The SMILES string of the molecule is CCn1c(COc2cc(C)ccc2C(C)C)nnc1SCC(=O)Nc1c(C)cc(I)cc1C. The minimum Gasteiger partial charge on any atom is -0.485 e. The van der Waals surface area contributed by atoms with Crippen molar-refractivity contribution in [2.45, 2.75) is 65.8 Å². The van der Waals surface area contributed by atoms with Gasteiger partial charge in [0.1, 0.15) is 12.4 Å². The molecule has 0 bridgehead atoms. The summed E-state index contributed by atoms with van der Waals surface area (Å²) in [5.41, 5.74) is 5.34. The molecule has 8 heteroatoms. The van der Waals surface area contributed by atoms with E-state index < -0.39 is 0 Å². The van der Waals surface area contributed by atoms with Crippen molar-refractivity contribution in [3.8, 4) is 5.75 Å². The number of amides is 1. The predicted octanol–water partition coefficient (Wildman–Crippen LogP) is 6.26. The van der Waals surface area contributed by atoms with Crippen molar-refractivity contribution in [3.05, 3.63) is 62.0 Å². The van der Waals surface area contributed by atoms with Gasteiger partial charge in [-0.3, -0.25) is 4.79 Å². The molecular formula is C25H31IN4O2S. The van der Waals surface area contributed by atoms with Crippen LogP contribution in [0.4, 0.5) is 5.69 Å². The molecule has 0 saturated heterocycles. The van der Waals surface area contributed by atoms with Crippen LogP contribution in [-0.4, -0.2) is 26.4 Å². The summed E-state index contributed by atoms with van der Waals surface area (Å²) in [5.74, 6) is 2.21. The molecule has 0 atom stereocenters. The van der Waals surface area contributed by atoms with Crippen LogP contribution in [0.2, 0.25) is 0 Å². The largest absolute Gasteiger partial charge is 0.485 e. The minimum atomic E-state index is -0.0582. The second-order valence-electron chi connectivity index (χ2n) is 8.38. The van der Waals surface area contributed by atoms with Crippen LogP contribution in [0.5, 0.6) is 5.75 Å². The lowest BCUT2D eigenvalue weighted by Crippen LogP contribution is -2.16. The molecule has 0 aliphatic heterocycles. The zero-order valence-corrected chi connectivity index (χ0v) is 23.0. The van der Waals surface area contributed by atoms with Gasteiger partial charge in [-0.05, 0) is 96.7 Å². The predicted molar refractivity (Wildman–Crippen MR) is 143 cm³/mol. The normalized spacial score (nSPS) is 11.2. The summed E-state index contributed by atoms with van der Waals surface area (Å²) in [7, 11) is 0. The van der Waals surface area contributed by atoms with Crippen molar-refractivity contribution in [1.82, 2.24) is 14.8 Å². The van der Waals surface area contributed by atoms with Crippen molar-refractivity contribution in [2.75, 3.05) is 11.1 Å².